The first-order valence-electron chi connectivity index (χ1n) is 7.38. The first-order valence-corrected chi connectivity index (χ1v) is 8.53. The van der Waals surface area contributed by atoms with Crippen molar-refractivity contribution in [1.82, 2.24) is 15.2 Å². The molecule has 0 unspecified atom stereocenters. The van der Waals surface area contributed by atoms with Crippen molar-refractivity contribution in [2.75, 3.05) is 0 Å². The molecule has 0 radical (unpaired) electrons. The minimum Gasteiger partial charge on any atom is -0.424 e. The molecule has 0 saturated carbocycles. The molecule has 1 aromatic carbocycles. The Hall–Kier alpha value is -1.95. The van der Waals surface area contributed by atoms with Crippen LogP contribution in [-0.2, 0) is 16.9 Å². The number of hydrogen-bond donors (Lipinski definition) is 0. The highest BCUT2D eigenvalue weighted by Gasteiger charge is 2.21. The lowest BCUT2D eigenvalue weighted by atomic mass is 9.97. The van der Waals surface area contributed by atoms with E-state index >= 15 is 0 Å². The van der Waals surface area contributed by atoms with Gasteiger partial charge in [0.25, 0.3) is 0 Å². The van der Waals surface area contributed by atoms with Gasteiger partial charge in [0.1, 0.15) is 5.82 Å². The van der Waals surface area contributed by atoms with Crippen molar-refractivity contribution in [3.8, 4) is 0 Å². The SMILES string of the molecule is CC(C)(C)c1nnc(CSCc2ccc(F)c3cccnc23)o1. The molecule has 0 fully saturated rings. The maximum absolute atomic E-state index is 13.8. The minimum absolute atomic E-state index is 0.146. The molecule has 2 heterocycles. The Morgan fingerprint density at radius 2 is 1.96 bits per heavy atom. The monoisotopic (exact) mass is 331 g/mol. The molecule has 0 spiro atoms. The minimum atomic E-state index is -0.242. The van der Waals surface area contributed by atoms with Gasteiger partial charge in [-0.25, -0.2) is 4.39 Å². The van der Waals surface area contributed by atoms with Crippen molar-refractivity contribution in [2.24, 2.45) is 0 Å². The molecule has 0 saturated heterocycles. The molecule has 0 bridgehead atoms. The highest BCUT2D eigenvalue weighted by atomic mass is 32.2. The van der Waals surface area contributed by atoms with E-state index in [2.05, 4.69) is 15.2 Å². The van der Waals surface area contributed by atoms with Gasteiger partial charge in [-0.2, -0.15) is 0 Å². The molecule has 2 aromatic heterocycles. The Balaban J connectivity index is 1.70. The maximum Gasteiger partial charge on any atom is 0.226 e. The number of fused-ring (bicyclic) bond motifs is 1. The van der Waals surface area contributed by atoms with Crippen molar-refractivity contribution >= 4 is 22.7 Å². The van der Waals surface area contributed by atoms with E-state index in [1.165, 1.54) is 6.07 Å². The lowest BCUT2D eigenvalue weighted by Gasteiger charge is -2.10. The summed E-state index contributed by atoms with van der Waals surface area (Å²) < 4.78 is 19.5. The van der Waals surface area contributed by atoms with Crippen LogP contribution in [0.15, 0.2) is 34.9 Å². The Kier molecular flexibility index (Phi) is 4.35. The number of aromatic nitrogens is 3. The number of benzene rings is 1. The third kappa shape index (κ3) is 3.52. The Bertz CT molecular complexity index is 826. The fourth-order valence-corrected chi connectivity index (χ4v) is 3.02. The summed E-state index contributed by atoms with van der Waals surface area (Å²) in [7, 11) is 0. The summed E-state index contributed by atoms with van der Waals surface area (Å²) in [5.74, 6) is 2.34. The Labute approximate surface area is 138 Å². The molecular formula is C17H18FN3OS. The predicted octanol–water partition coefficient (Wildman–Crippen LogP) is 4.49. The van der Waals surface area contributed by atoms with Gasteiger partial charge in [-0.3, -0.25) is 4.98 Å². The zero-order valence-electron chi connectivity index (χ0n) is 13.3. The second kappa shape index (κ2) is 6.28. The van der Waals surface area contributed by atoms with Crippen LogP contribution in [0.4, 0.5) is 4.39 Å². The number of thioether (sulfide) groups is 1. The second-order valence-electron chi connectivity index (χ2n) is 6.35. The maximum atomic E-state index is 13.8. The van der Waals surface area contributed by atoms with E-state index in [1.54, 1.807) is 36.2 Å². The van der Waals surface area contributed by atoms with Crippen LogP contribution in [-0.4, -0.2) is 15.2 Å². The average Bonchev–Trinajstić information content (AvgIpc) is 2.99. The van der Waals surface area contributed by atoms with Crippen molar-refractivity contribution in [3.63, 3.8) is 0 Å². The number of hydrogen-bond acceptors (Lipinski definition) is 5. The lowest BCUT2D eigenvalue weighted by Crippen LogP contribution is -2.11. The van der Waals surface area contributed by atoms with Crippen LogP contribution in [0.5, 0.6) is 0 Å². The Morgan fingerprint density at radius 3 is 2.70 bits per heavy atom. The van der Waals surface area contributed by atoms with Gasteiger partial charge in [-0.05, 0) is 23.8 Å². The molecule has 0 aliphatic carbocycles. The van der Waals surface area contributed by atoms with E-state index in [1.807, 2.05) is 20.8 Å². The smallest absolute Gasteiger partial charge is 0.226 e. The summed E-state index contributed by atoms with van der Waals surface area (Å²) in [5, 5.41) is 8.71. The third-order valence-electron chi connectivity index (χ3n) is 3.39. The zero-order chi connectivity index (χ0) is 16.4. The van der Waals surface area contributed by atoms with Crippen molar-refractivity contribution in [3.05, 3.63) is 53.6 Å². The molecule has 0 amide bonds. The lowest BCUT2D eigenvalue weighted by molar-refractivity contribution is 0.378. The van der Waals surface area contributed by atoms with E-state index in [9.17, 15) is 4.39 Å². The van der Waals surface area contributed by atoms with E-state index in [0.29, 0.717) is 34.2 Å². The van der Waals surface area contributed by atoms with Crippen molar-refractivity contribution in [1.29, 1.82) is 0 Å². The Morgan fingerprint density at radius 1 is 1.13 bits per heavy atom. The van der Waals surface area contributed by atoms with Crippen LogP contribution < -0.4 is 0 Å². The van der Waals surface area contributed by atoms with Crippen LogP contribution in [0.2, 0.25) is 0 Å². The van der Waals surface area contributed by atoms with E-state index in [-0.39, 0.29) is 11.2 Å². The summed E-state index contributed by atoms with van der Waals surface area (Å²) in [6, 6.07) is 6.77. The van der Waals surface area contributed by atoms with Crippen LogP contribution in [0.3, 0.4) is 0 Å². The van der Waals surface area contributed by atoms with Crippen LogP contribution in [0.1, 0.15) is 38.1 Å². The first-order chi connectivity index (χ1) is 10.9. The highest BCUT2D eigenvalue weighted by molar-refractivity contribution is 7.97. The van der Waals surface area contributed by atoms with Gasteiger partial charge in [0.15, 0.2) is 0 Å². The fraction of sp³-hybridized carbons (Fsp3) is 0.353. The highest BCUT2D eigenvalue weighted by Crippen LogP contribution is 2.26. The van der Waals surface area contributed by atoms with Gasteiger partial charge in [-0.15, -0.1) is 22.0 Å². The van der Waals surface area contributed by atoms with E-state index < -0.39 is 0 Å². The van der Waals surface area contributed by atoms with Crippen molar-refractivity contribution in [2.45, 2.75) is 37.7 Å². The topological polar surface area (TPSA) is 51.8 Å². The predicted molar refractivity (Wildman–Crippen MR) is 89.7 cm³/mol. The zero-order valence-corrected chi connectivity index (χ0v) is 14.2. The van der Waals surface area contributed by atoms with Gasteiger partial charge in [0.05, 0.1) is 11.3 Å². The number of rotatable bonds is 4. The fourth-order valence-electron chi connectivity index (χ4n) is 2.18. The third-order valence-corrected chi connectivity index (χ3v) is 4.36. The van der Waals surface area contributed by atoms with E-state index in [0.717, 1.165) is 5.56 Å². The quantitative estimate of drug-likeness (QED) is 0.705. The molecule has 3 aromatic rings. The number of pyridine rings is 1. The second-order valence-corrected chi connectivity index (χ2v) is 7.34. The van der Waals surface area contributed by atoms with Gasteiger partial charge < -0.3 is 4.42 Å². The number of halogens is 1. The average molecular weight is 331 g/mol. The van der Waals surface area contributed by atoms with Crippen LogP contribution in [0.25, 0.3) is 10.9 Å². The van der Waals surface area contributed by atoms with Gasteiger partial charge >= 0.3 is 0 Å². The molecule has 0 N–H and O–H groups in total. The molecule has 0 aliphatic heterocycles. The largest absolute Gasteiger partial charge is 0.424 e. The molecule has 120 valence electrons. The van der Waals surface area contributed by atoms with Gasteiger partial charge in [0.2, 0.25) is 11.8 Å². The van der Waals surface area contributed by atoms with Gasteiger partial charge in [-0.1, -0.05) is 26.8 Å². The molecule has 0 aliphatic rings. The molecule has 23 heavy (non-hydrogen) atoms. The summed E-state index contributed by atoms with van der Waals surface area (Å²) in [4.78, 5) is 4.30. The molecular weight excluding hydrogens is 313 g/mol. The van der Waals surface area contributed by atoms with E-state index in [4.69, 9.17) is 4.42 Å². The van der Waals surface area contributed by atoms with Crippen LogP contribution in [0, 0.1) is 5.82 Å². The first kappa shape index (κ1) is 15.9. The normalized spacial score (nSPS) is 12.0. The standard InChI is InChI=1S/C17H18FN3OS/c1-17(2,3)16-21-20-14(22-16)10-23-9-11-6-7-13(18)12-5-4-8-19-15(11)12/h4-8H,9-10H2,1-3H3. The molecule has 3 rings (SSSR count). The molecule has 6 heteroatoms. The summed E-state index contributed by atoms with van der Waals surface area (Å²) in [5.41, 5.74) is 1.57. The summed E-state index contributed by atoms with van der Waals surface area (Å²) >= 11 is 1.65. The number of nitrogens with zero attached hydrogens (tertiary/aromatic N) is 3. The van der Waals surface area contributed by atoms with Crippen molar-refractivity contribution < 1.29 is 8.81 Å². The molecule has 4 nitrogen and oxygen atoms in total. The summed E-state index contributed by atoms with van der Waals surface area (Å²) in [6.45, 7) is 6.11. The van der Waals surface area contributed by atoms with Crippen LogP contribution >= 0.6 is 11.8 Å². The summed E-state index contributed by atoms with van der Waals surface area (Å²) in [6.07, 6.45) is 1.68. The molecule has 0 atom stereocenters. The van der Waals surface area contributed by atoms with Gasteiger partial charge in [0, 0.05) is 22.8 Å².